The van der Waals surface area contributed by atoms with E-state index in [1.807, 2.05) is 6.92 Å². The van der Waals surface area contributed by atoms with E-state index in [4.69, 9.17) is 4.74 Å². The second kappa shape index (κ2) is 6.42. The Bertz CT molecular complexity index is 726. The van der Waals surface area contributed by atoms with Crippen LogP contribution in [0.5, 0.6) is 5.75 Å². The van der Waals surface area contributed by atoms with E-state index in [-0.39, 0.29) is 11.5 Å². The van der Waals surface area contributed by atoms with E-state index in [1.54, 1.807) is 12.3 Å². The Morgan fingerprint density at radius 2 is 2.19 bits per heavy atom. The fraction of sp³-hybridized carbons (Fsp3) is 0.308. The molecule has 2 rings (SSSR count). The molecule has 0 aliphatic rings. The van der Waals surface area contributed by atoms with Crippen LogP contribution in [0.15, 0.2) is 28.5 Å². The van der Waals surface area contributed by atoms with Crippen LogP contribution in [0.2, 0.25) is 0 Å². The van der Waals surface area contributed by atoms with E-state index in [0.717, 1.165) is 5.69 Å². The molecule has 21 heavy (non-hydrogen) atoms. The summed E-state index contributed by atoms with van der Waals surface area (Å²) in [7, 11) is -3.73. The Balaban J connectivity index is 2.31. The third kappa shape index (κ3) is 3.72. The van der Waals surface area contributed by atoms with Gasteiger partial charge >= 0.3 is 0 Å². The monoisotopic (exact) mass is 328 g/mol. The first kappa shape index (κ1) is 15.7. The Kier molecular flexibility index (Phi) is 4.81. The average Bonchev–Trinajstić information content (AvgIpc) is 2.84. The molecule has 0 aliphatic heterocycles. The lowest BCUT2D eigenvalue weighted by molar-refractivity contribution is 0.266. The number of sulfonamides is 1. The van der Waals surface area contributed by atoms with E-state index >= 15 is 0 Å². The predicted molar refractivity (Wildman–Crippen MR) is 81.2 cm³/mol. The van der Waals surface area contributed by atoms with Crippen LogP contribution in [0.4, 0.5) is 5.13 Å². The van der Waals surface area contributed by atoms with Gasteiger partial charge in [-0.05, 0) is 32.0 Å². The molecule has 0 fully saturated rings. The standard InChI is InChI=1S/C13H16N2O4S2/c1-3-19-12-5-4-11(6-10(12)7-16)21(17,18)15-13-14-9(2)8-20-13/h4-6,8,16H,3,7H2,1-2H3,(H,14,15). The summed E-state index contributed by atoms with van der Waals surface area (Å²) in [5, 5.41) is 11.4. The summed E-state index contributed by atoms with van der Waals surface area (Å²) in [6.45, 7) is 3.75. The van der Waals surface area contributed by atoms with Crippen molar-refractivity contribution in [3.63, 3.8) is 0 Å². The Morgan fingerprint density at radius 3 is 2.76 bits per heavy atom. The van der Waals surface area contributed by atoms with Gasteiger partial charge in [0.25, 0.3) is 10.0 Å². The van der Waals surface area contributed by atoms with Crippen molar-refractivity contribution in [1.82, 2.24) is 4.98 Å². The Labute approximate surface area is 127 Å². The molecule has 0 bridgehead atoms. The summed E-state index contributed by atoms with van der Waals surface area (Å²) in [5.74, 6) is 0.476. The zero-order valence-electron chi connectivity index (χ0n) is 11.7. The molecule has 0 amide bonds. The van der Waals surface area contributed by atoms with Crippen LogP contribution in [0.1, 0.15) is 18.2 Å². The SMILES string of the molecule is CCOc1ccc(S(=O)(=O)Nc2nc(C)cs2)cc1CO. The number of rotatable bonds is 6. The molecule has 1 aromatic heterocycles. The van der Waals surface area contributed by atoms with Gasteiger partial charge < -0.3 is 9.84 Å². The highest BCUT2D eigenvalue weighted by atomic mass is 32.2. The van der Waals surface area contributed by atoms with Crippen molar-refractivity contribution >= 4 is 26.5 Å². The molecule has 0 unspecified atom stereocenters. The van der Waals surface area contributed by atoms with Gasteiger partial charge in [0.05, 0.1) is 23.8 Å². The van der Waals surface area contributed by atoms with Gasteiger partial charge in [-0.25, -0.2) is 13.4 Å². The average molecular weight is 328 g/mol. The Morgan fingerprint density at radius 1 is 1.43 bits per heavy atom. The van der Waals surface area contributed by atoms with Crippen molar-refractivity contribution in [1.29, 1.82) is 0 Å². The van der Waals surface area contributed by atoms with E-state index in [0.29, 0.717) is 23.1 Å². The first-order valence-corrected chi connectivity index (χ1v) is 8.64. The van der Waals surface area contributed by atoms with Crippen LogP contribution in [0.3, 0.4) is 0 Å². The van der Waals surface area contributed by atoms with Crippen LogP contribution < -0.4 is 9.46 Å². The molecule has 1 heterocycles. The summed E-state index contributed by atoms with van der Waals surface area (Å²) in [6, 6.07) is 4.37. The summed E-state index contributed by atoms with van der Waals surface area (Å²) in [5.41, 5.74) is 1.18. The van der Waals surface area contributed by atoms with Gasteiger partial charge in [0.2, 0.25) is 0 Å². The minimum Gasteiger partial charge on any atom is -0.494 e. The number of anilines is 1. The topological polar surface area (TPSA) is 88.5 Å². The summed E-state index contributed by atoms with van der Waals surface area (Å²) >= 11 is 1.22. The minimum atomic E-state index is -3.73. The van der Waals surface area contributed by atoms with Gasteiger partial charge in [-0.15, -0.1) is 11.3 Å². The second-order valence-corrected chi connectivity index (χ2v) is 6.80. The number of aliphatic hydroxyl groups excluding tert-OH is 1. The molecular formula is C13H16N2O4S2. The zero-order valence-corrected chi connectivity index (χ0v) is 13.3. The normalized spacial score (nSPS) is 11.4. The van der Waals surface area contributed by atoms with Crippen LogP contribution in [-0.4, -0.2) is 25.1 Å². The third-order valence-corrected chi connectivity index (χ3v) is 4.99. The lowest BCUT2D eigenvalue weighted by Gasteiger charge is -2.11. The fourth-order valence-electron chi connectivity index (χ4n) is 1.72. The number of nitrogens with zero attached hydrogens (tertiary/aromatic N) is 1. The van der Waals surface area contributed by atoms with Gasteiger partial charge in [0, 0.05) is 10.9 Å². The van der Waals surface area contributed by atoms with Crippen molar-refractivity contribution in [2.75, 3.05) is 11.3 Å². The van der Waals surface area contributed by atoms with Crippen molar-refractivity contribution < 1.29 is 18.3 Å². The molecular weight excluding hydrogens is 312 g/mol. The van der Waals surface area contributed by atoms with Crippen molar-refractivity contribution in [2.24, 2.45) is 0 Å². The lowest BCUT2D eigenvalue weighted by atomic mass is 10.2. The highest BCUT2D eigenvalue weighted by Crippen LogP contribution is 2.25. The van der Waals surface area contributed by atoms with Crippen LogP contribution >= 0.6 is 11.3 Å². The van der Waals surface area contributed by atoms with Crippen LogP contribution in [-0.2, 0) is 16.6 Å². The lowest BCUT2D eigenvalue weighted by Crippen LogP contribution is -2.13. The molecule has 0 saturated heterocycles. The van der Waals surface area contributed by atoms with Crippen molar-refractivity contribution in [2.45, 2.75) is 25.3 Å². The van der Waals surface area contributed by atoms with E-state index in [9.17, 15) is 13.5 Å². The molecule has 6 nitrogen and oxygen atoms in total. The van der Waals surface area contributed by atoms with Crippen molar-refractivity contribution in [3.05, 3.63) is 34.8 Å². The molecule has 8 heteroatoms. The number of aryl methyl sites for hydroxylation is 1. The van der Waals surface area contributed by atoms with Crippen LogP contribution in [0.25, 0.3) is 0 Å². The van der Waals surface area contributed by atoms with E-state index in [1.165, 1.54) is 29.5 Å². The van der Waals surface area contributed by atoms with Crippen LogP contribution in [0, 0.1) is 6.92 Å². The summed E-state index contributed by atoms with van der Waals surface area (Å²) in [6.07, 6.45) is 0. The Hall–Kier alpha value is -1.64. The molecule has 0 radical (unpaired) electrons. The first-order chi connectivity index (χ1) is 9.96. The molecule has 0 aliphatic carbocycles. The van der Waals surface area contributed by atoms with Gasteiger partial charge in [0.15, 0.2) is 5.13 Å². The maximum Gasteiger partial charge on any atom is 0.263 e. The van der Waals surface area contributed by atoms with Gasteiger partial charge in [-0.3, -0.25) is 4.72 Å². The second-order valence-electron chi connectivity index (χ2n) is 4.26. The maximum absolute atomic E-state index is 12.3. The molecule has 114 valence electrons. The van der Waals surface area contributed by atoms with Gasteiger partial charge in [0.1, 0.15) is 5.75 Å². The molecule has 0 atom stereocenters. The van der Waals surface area contributed by atoms with Gasteiger partial charge in [-0.1, -0.05) is 0 Å². The number of hydrogen-bond acceptors (Lipinski definition) is 6. The zero-order chi connectivity index (χ0) is 15.5. The molecule has 1 aromatic carbocycles. The number of aliphatic hydroxyl groups is 1. The number of thiazole rings is 1. The number of hydrogen-bond donors (Lipinski definition) is 2. The molecule has 2 aromatic rings. The molecule has 0 saturated carbocycles. The maximum atomic E-state index is 12.3. The van der Waals surface area contributed by atoms with Crippen molar-refractivity contribution in [3.8, 4) is 5.75 Å². The molecule has 0 spiro atoms. The smallest absolute Gasteiger partial charge is 0.263 e. The quantitative estimate of drug-likeness (QED) is 0.848. The highest BCUT2D eigenvalue weighted by Gasteiger charge is 2.18. The molecule has 2 N–H and O–H groups in total. The van der Waals surface area contributed by atoms with Gasteiger partial charge in [-0.2, -0.15) is 0 Å². The number of aromatic nitrogens is 1. The number of ether oxygens (including phenoxy) is 1. The highest BCUT2D eigenvalue weighted by molar-refractivity contribution is 7.93. The summed E-state index contributed by atoms with van der Waals surface area (Å²) in [4.78, 5) is 4.12. The predicted octanol–water partition coefficient (Wildman–Crippen LogP) is 2.14. The summed E-state index contributed by atoms with van der Waals surface area (Å²) < 4.78 is 32.3. The first-order valence-electron chi connectivity index (χ1n) is 6.28. The minimum absolute atomic E-state index is 0.0582. The van der Waals surface area contributed by atoms with E-state index in [2.05, 4.69) is 9.71 Å². The third-order valence-electron chi connectivity index (χ3n) is 2.65. The number of benzene rings is 1. The van der Waals surface area contributed by atoms with E-state index < -0.39 is 10.0 Å². The number of nitrogens with one attached hydrogen (secondary N) is 1. The fourth-order valence-corrected chi connectivity index (χ4v) is 3.71. The largest absolute Gasteiger partial charge is 0.494 e.